The number of rotatable bonds is 3. The molecule has 2 heterocycles. The SMILES string of the molecule is CNc1nc(Nc2cc(F)cc3c2cnn3C)ncc1C(F)(F)F. The van der Waals surface area contributed by atoms with E-state index in [0.717, 1.165) is 0 Å². The maximum atomic E-state index is 13.7. The van der Waals surface area contributed by atoms with Gasteiger partial charge in [0.05, 0.1) is 17.4 Å². The molecule has 0 spiro atoms. The van der Waals surface area contributed by atoms with Gasteiger partial charge >= 0.3 is 6.18 Å². The number of nitrogens with zero attached hydrogens (tertiary/aromatic N) is 4. The summed E-state index contributed by atoms with van der Waals surface area (Å²) in [5.74, 6) is -0.990. The van der Waals surface area contributed by atoms with Crippen LogP contribution in [0.25, 0.3) is 10.9 Å². The molecule has 3 aromatic rings. The summed E-state index contributed by atoms with van der Waals surface area (Å²) in [6.07, 6.45) is -2.40. The number of benzene rings is 1. The topological polar surface area (TPSA) is 67.7 Å². The van der Waals surface area contributed by atoms with E-state index in [1.807, 2.05) is 0 Å². The largest absolute Gasteiger partial charge is 0.421 e. The number of anilines is 3. The van der Waals surface area contributed by atoms with E-state index in [9.17, 15) is 17.6 Å². The van der Waals surface area contributed by atoms with Crippen molar-refractivity contribution in [3.63, 3.8) is 0 Å². The summed E-state index contributed by atoms with van der Waals surface area (Å²) >= 11 is 0. The highest BCUT2D eigenvalue weighted by molar-refractivity contribution is 5.92. The van der Waals surface area contributed by atoms with Gasteiger partial charge in [-0.15, -0.1) is 0 Å². The standard InChI is InChI=1S/C14H12F4N6/c1-19-12-9(14(16,17)18)6-20-13(23-12)22-10-3-7(15)4-11-8(10)5-21-24(11)2/h3-6H,1-2H3,(H2,19,20,22,23). The van der Waals surface area contributed by atoms with Crippen LogP contribution >= 0.6 is 0 Å². The van der Waals surface area contributed by atoms with Crippen molar-refractivity contribution >= 4 is 28.4 Å². The molecule has 0 aliphatic rings. The second kappa shape index (κ2) is 5.62. The first-order valence-corrected chi connectivity index (χ1v) is 6.80. The predicted octanol–water partition coefficient (Wildman–Crippen LogP) is 3.31. The van der Waals surface area contributed by atoms with Gasteiger partial charge in [-0.3, -0.25) is 4.68 Å². The Morgan fingerprint density at radius 3 is 2.58 bits per heavy atom. The molecule has 1 aromatic carbocycles. The van der Waals surface area contributed by atoms with Crippen LogP contribution in [0.15, 0.2) is 24.5 Å². The minimum atomic E-state index is -4.58. The smallest absolute Gasteiger partial charge is 0.372 e. The summed E-state index contributed by atoms with van der Waals surface area (Å²) in [6, 6.07) is 2.50. The fraction of sp³-hybridized carbons (Fsp3) is 0.214. The quantitative estimate of drug-likeness (QED) is 0.716. The van der Waals surface area contributed by atoms with E-state index in [2.05, 4.69) is 25.7 Å². The zero-order valence-corrected chi connectivity index (χ0v) is 12.6. The molecule has 0 saturated carbocycles. The molecule has 0 amide bonds. The first kappa shape index (κ1) is 16.0. The Labute approximate surface area is 133 Å². The molecular weight excluding hydrogens is 328 g/mol. The van der Waals surface area contributed by atoms with E-state index in [0.29, 0.717) is 22.8 Å². The number of aromatic nitrogens is 4. The lowest BCUT2D eigenvalue weighted by molar-refractivity contribution is -0.137. The molecule has 6 nitrogen and oxygen atoms in total. The van der Waals surface area contributed by atoms with Gasteiger partial charge < -0.3 is 10.6 Å². The van der Waals surface area contributed by atoms with Crippen molar-refractivity contribution in [3.05, 3.63) is 35.9 Å². The van der Waals surface area contributed by atoms with Crippen LogP contribution in [0.2, 0.25) is 0 Å². The van der Waals surface area contributed by atoms with Crippen LogP contribution in [0.4, 0.5) is 35.0 Å². The highest BCUT2D eigenvalue weighted by Gasteiger charge is 2.35. The lowest BCUT2D eigenvalue weighted by atomic mass is 10.2. The Balaban J connectivity index is 2.03. The van der Waals surface area contributed by atoms with Crippen LogP contribution in [-0.4, -0.2) is 26.8 Å². The maximum absolute atomic E-state index is 13.7. The zero-order chi connectivity index (χ0) is 17.5. The molecule has 2 aromatic heterocycles. The van der Waals surface area contributed by atoms with Crippen molar-refractivity contribution in [1.29, 1.82) is 0 Å². The van der Waals surface area contributed by atoms with Crippen molar-refractivity contribution < 1.29 is 17.6 Å². The summed E-state index contributed by atoms with van der Waals surface area (Å²) in [5.41, 5.74) is -0.153. The van der Waals surface area contributed by atoms with Gasteiger partial charge in [0.25, 0.3) is 0 Å². The van der Waals surface area contributed by atoms with E-state index in [1.54, 1.807) is 7.05 Å². The predicted molar refractivity (Wildman–Crippen MR) is 80.5 cm³/mol. The summed E-state index contributed by atoms with van der Waals surface area (Å²) in [4.78, 5) is 7.45. The molecule has 0 aliphatic heterocycles. The van der Waals surface area contributed by atoms with Gasteiger partial charge in [0.1, 0.15) is 17.2 Å². The number of fused-ring (bicyclic) bond motifs is 1. The average molecular weight is 340 g/mol. The van der Waals surface area contributed by atoms with Gasteiger partial charge in [-0.2, -0.15) is 23.3 Å². The first-order valence-electron chi connectivity index (χ1n) is 6.80. The molecule has 0 saturated heterocycles. The highest BCUT2D eigenvalue weighted by Crippen LogP contribution is 2.34. The average Bonchev–Trinajstić information content (AvgIpc) is 2.87. The van der Waals surface area contributed by atoms with Gasteiger partial charge in [0, 0.05) is 25.7 Å². The van der Waals surface area contributed by atoms with Crippen molar-refractivity contribution in [2.24, 2.45) is 7.05 Å². The van der Waals surface area contributed by atoms with Crippen LogP contribution in [0.3, 0.4) is 0 Å². The van der Waals surface area contributed by atoms with Crippen LogP contribution < -0.4 is 10.6 Å². The number of halogens is 4. The molecule has 24 heavy (non-hydrogen) atoms. The van der Waals surface area contributed by atoms with Crippen molar-refractivity contribution in [1.82, 2.24) is 19.7 Å². The van der Waals surface area contributed by atoms with Crippen LogP contribution in [-0.2, 0) is 13.2 Å². The number of nitrogens with one attached hydrogen (secondary N) is 2. The Morgan fingerprint density at radius 2 is 1.92 bits per heavy atom. The Kier molecular flexibility index (Phi) is 3.74. The summed E-state index contributed by atoms with van der Waals surface area (Å²) in [7, 11) is 2.97. The number of aryl methyl sites for hydroxylation is 1. The Hall–Kier alpha value is -2.91. The van der Waals surface area contributed by atoms with E-state index >= 15 is 0 Å². The molecule has 0 fully saturated rings. The highest BCUT2D eigenvalue weighted by atomic mass is 19.4. The third-order valence-electron chi connectivity index (χ3n) is 3.41. The van der Waals surface area contributed by atoms with E-state index in [-0.39, 0.29) is 11.8 Å². The minimum absolute atomic E-state index is 0.0943. The molecule has 3 rings (SSSR count). The van der Waals surface area contributed by atoms with E-state index in [4.69, 9.17) is 0 Å². The van der Waals surface area contributed by atoms with Gasteiger partial charge in [0.2, 0.25) is 5.95 Å². The van der Waals surface area contributed by atoms with Crippen LogP contribution in [0, 0.1) is 5.82 Å². The first-order chi connectivity index (χ1) is 11.3. The van der Waals surface area contributed by atoms with Gasteiger partial charge in [-0.05, 0) is 12.1 Å². The fourth-order valence-corrected chi connectivity index (χ4v) is 2.28. The third kappa shape index (κ3) is 2.82. The van der Waals surface area contributed by atoms with E-state index in [1.165, 1.54) is 30.1 Å². The van der Waals surface area contributed by atoms with Gasteiger partial charge in [-0.25, -0.2) is 9.37 Å². The summed E-state index contributed by atoms with van der Waals surface area (Å²) < 4.78 is 53.8. The lowest BCUT2D eigenvalue weighted by Gasteiger charge is -2.13. The number of hydrogen-bond donors (Lipinski definition) is 2. The second-order valence-corrected chi connectivity index (χ2v) is 4.98. The number of alkyl halides is 3. The third-order valence-corrected chi connectivity index (χ3v) is 3.41. The zero-order valence-electron chi connectivity index (χ0n) is 12.6. The normalized spacial score (nSPS) is 11.8. The number of hydrogen-bond acceptors (Lipinski definition) is 5. The lowest BCUT2D eigenvalue weighted by Crippen LogP contribution is -2.12. The molecule has 10 heteroatoms. The Morgan fingerprint density at radius 1 is 1.17 bits per heavy atom. The van der Waals surface area contributed by atoms with Crippen molar-refractivity contribution in [2.75, 3.05) is 17.7 Å². The summed E-state index contributed by atoms with van der Waals surface area (Å²) in [5, 5.41) is 9.73. The summed E-state index contributed by atoms with van der Waals surface area (Å²) in [6.45, 7) is 0. The molecule has 0 bridgehead atoms. The molecule has 0 unspecified atom stereocenters. The van der Waals surface area contributed by atoms with E-state index < -0.39 is 17.6 Å². The fourth-order valence-electron chi connectivity index (χ4n) is 2.28. The molecular formula is C14H12F4N6. The molecule has 2 N–H and O–H groups in total. The molecule has 0 radical (unpaired) electrons. The van der Waals surface area contributed by atoms with Gasteiger partial charge in [0.15, 0.2) is 0 Å². The monoisotopic (exact) mass is 340 g/mol. The van der Waals surface area contributed by atoms with Gasteiger partial charge in [-0.1, -0.05) is 0 Å². The van der Waals surface area contributed by atoms with Crippen LogP contribution in [0.1, 0.15) is 5.56 Å². The minimum Gasteiger partial charge on any atom is -0.372 e. The Bertz CT molecular complexity index is 902. The maximum Gasteiger partial charge on any atom is 0.421 e. The molecule has 0 aliphatic carbocycles. The van der Waals surface area contributed by atoms with Crippen LogP contribution in [0.5, 0.6) is 0 Å². The van der Waals surface area contributed by atoms with Crippen molar-refractivity contribution in [3.8, 4) is 0 Å². The van der Waals surface area contributed by atoms with Crippen molar-refractivity contribution in [2.45, 2.75) is 6.18 Å². The molecule has 126 valence electrons. The molecule has 0 atom stereocenters. The second-order valence-electron chi connectivity index (χ2n) is 4.98.